The van der Waals surface area contributed by atoms with Crippen LogP contribution in [0.1, 0.15) is 19.8 Å². The Labute approximate surface area is 73.3 Å². The maximum atomic E-state index is 12.7. The molecular formula is C9H18FNO. The first-order valence-corrected chi connectivity index (χ1v) is 4.66. The summed E-state index contributed by atoms with van der Waals surface area (Å²) in [5.74, 6) is 0.806. The lowest BCUT2D eigenvalue weighted by atomic mass is 9.85. The molecule has 1 heterocycles. The highest BCUT2D eigenvalue weighted by atomic mass is 19.1. The summed E-state index contributed by atoms with van der Waals surface area (Å²) in [6, 6.07) is 0. The van der Waals surface area contributed by atoms with E-state index in [9.17, 15) is 4.39 Å². The molecule has 0 bridgehead atoms. The van der Waals surface area contributed by atoms with Gasteiger partial charge in [0.1, 0.15) is 0 Å². The summed E-state index contributed by atoms with van der Waals surface area (Å²) in [7, 11) is 0. The van der Waals surface area contributed by atoms with E-state index in [2.05, 4.69) is 0 Å². The van der Waals surface area contributed by atoms with Crippen molar-refractivity contribution in [2.24, 2.45) is 17.6 Å². The lowest BCUT2D eigenvalue weighted by Gasteiger charge is -2.30. The van der Waals surface area contributed by atoms with Crippen molar-refractivity contribution in [3.05, 3.63) is 0 Å². The fourth-order valence-electron chi connectivity index (χ4n) is 1.83. The van der Waals surface area contributed by atoms with E-state index in [0.29, 0.717) is 31.4 Å². The molecule has 0 spiro atoms. The van der Waals surface area contributed by atoms with Crippen molar-refractivity contribution >= 4 is 0 Å². The van der Waals surface area contributed by atoms with Crippen LogP contribution in [0.5, 0.6) is 0 Å². The van der Waals surface area contributed by atoms with Crippen molar-refractivity contribution in [1.82, 2.24) is 0 Å². The van der Waals surface area contributed by atoms with Crippen molar-refractivity contribution in [2.75, 3.05) is 19.8 Å². The predicted octanol–water partition coefficient (Wildman–Crippen LogP) is 1.35. The van der Waals surface area contributed by atoms with E-state index in [1.54, 1.807) is 6.92 Å². The molecule has 3 unspecified atom stereocenters. The zero-order valence-corrected chi connectivity index (χ0v) is 7.63. The Kier molecular flexibility index (Phi) is 3.95. The fraction of sp³-hybridized carbons (Fsp3) is 1.00. The summed E-state index contributed by atoms with van der Waals surface area (Å²) in [5.41, 5.74) is 5.57. The Bertz CT molecular complexity index is 130. The molecule has 1 rings (SSSR count). The molecule has 0 radical (unpaired) electrons. The maximum Gasteiger partial charge on any atom is 0.0976 e. The summed E-state index contributed by atoms with van der Waals surface area (Å²) in [6.07, 6.45) is 0.906. The van der Waals surface area contributed by atoms with Gasteiger partial charge in [0.25, 0.3) is 0 Å². The maximum absolute atomic E-state index is 12.7. The standard InChI is InChI=1S/C9H18FNO/c1-7(10)4-8-2-3-12-6-9(8)5-11/h7-9H,2-6,11H2,1H3. The third-order valence-electron chi connectivity index (χ3n) is 2.56. The average Bonchev–Trinajstić information content (AvgIpc) is 2.04. The molecule has 0 saturated carbocycles. The minimum atomic E-state index is -0.706. The molecule has 0 aromatic heterocycles. The quantitative estimate of drug-likeness (QED) is 0.702. The van der Waals surface area contributed by atoms with Crippen LogP contribution in [-0.4, -0.2) is 25.9 Å². The largest absolute Gasteiger partial charge is 0.381 e. The van der Waals surface area contributed by atoms with Gasteiger partial charge in [0, 0.05) is 6.61 Å². The number of hydrogen-bond donors (Lipinski definition) is 1. The molecular weight excluding hydrogens is 157 g/mol. The Morgan fingerprint density at radius 3 is 2.92 bits per heavy atom. The smallest absolute Gasteiger partial charge is 0.0976 e. The molecule has 0 aromatic carbocycles. The number of halogens is 1. The van der Waals surface area contributed by atoms with E-state index in [0.717, 1.165) is 13.0 Å². The first-order chi connectivity index (χ1) is 5.74. The molecule has 0 amide bonds. The van der Waals surface area contributed by atoms with Gasteiger partial charge in [-0.2, -0.15) is 0 Å². The minimum absolute atomic E-state index is 0.372. The van der Waals surface area contributed by atoms with E-state index >= 15 is 0 Å². The van der Waals surface area contributed by atoms with E-state index in [-0.39, 0.29) is 0 Å². The Hall–Kier alpha value is -0.150. The predicted molar refractivity (Wildman–Crippen MR) is 46.7 cm³/mol. The molecule has 1 aliphatic rings. The van der Waals surface area contributed by atoms with E-state index < -0.39 is 6.17 Å². The average molecular weight is 175 g/mol. The SMILES string of the molecule is CC(F)CC1CCOCC1CN. The van der Waals surface area contributed by atoms with Gasteiger partial charge in [0.15, 0.2) is 0 Å². The summed E-state index contributed by atoms with van der Waals surface area (Å²) in [4.78, 5) is 0. The molecule has 2 N–H and O–H groups in total. The van der Waals surface area contributed by atoms with Crippen LogP contribution < -0.4 is 5.73 Å². The van der Waals surface area contributed by atoms with Gasteiger partial charge in [-0.05, 0) is 38.1 Å². The van der Waals surface area contributed by atoms with Crippen molar-refractivity contribution in [2.45, 2.75) is 25.9 Å². The van der Waals surface area contributed by atoms with Crippen molar-refractivity contribution in [3.63, 3.8) is 0 Å². The van der Waals surface area contributed by atoms with Crippen LogP contribution in [0.25, 0.3) is 0 Å². The van der Waals surface area contributed by atoms with Gasteiger partial charge in [0.05, 0.1) is 12.8 Å². The van der Waals surface area contributed by atoms with Crippen molar-refractivity contribution in [3.8, 4) is 0 Å². The third-order valence-corrected chi connectivity index (χ3v) is 2.56. The molecule has 0 aliphatic carbocycles. The molecule has 12 heavy (non-hydrogen) atoms. The van der Waals surface area contributed by atoms with Crippen molar-refractivity contribution in [1.29, 1.82) is 0 Å². The number of ether oxygens (including phenoxy) is 1. The van der Waals surface area contributed by atoms with Crippen molar-refractivity contribution < 1.29 is 9.13 Å². The van der Waals surface area contributed by atoms with E-state index in [1.807, 2.05) is 0 Å². The summed E-state index contributed by atoms with van der Waals surface area (Å²) in [5, 5.41) is 0. The number of nitrogens with two attached hydrogens (primary N) is 1. The van der Waals surface area contributed by atoms with E-state index in [4.69, 9.17) is 10.5 Å². The van der Waals surface area contributed by atoms with Crippen LogP contribution in [-0.2, 0) is 4.74 Å². The van der Waals surface area contributed by atoms with Gasteiger partial charge in [-0.3, -0.25) is 0 Å². The zero-order chi connectivity index (χ0) is 8.97. The lowest BCUT2D eigenvalue weighted by molar-refractivity contribution is 0.0110. The van der Waals surface area contributed by atoms with E-state index in [1.165, 1.54) is 0 Å². The van der Waals surface area contributed by atoms with Gasteiger partial charge < -0.3 is 10.5 Å². The molecule has 1 fully saturated rings. The topological polar surface area (TPSA) is 35.2 Å². The van der Waals surface area contributed by atoms with Gasteiger partial charge >= 0.3 is 0 Å². The van der Waals surface area contributed by atoms with Gasteiger partial charge in [-0.15, -0.1) is 0 Å². The number of hydrogen-bond acceptors (Lipinski definition) is 2. The second kappa shape index (κ2) is 4.77. The second-order valence-corrected chi connectivity index (χ2v) is 3.64. The molecule has 3 atom stereocenters. The third kappa shape index (κ3) is 2.72. The molecule has 3 heteroatoms. The summed E-state index contributed by atoms with van der Waals surface area (Å²) < 4.78 is 18.0. The first kappa shape index (κ1) is 9.93. The molecule has 1 saturated heterocycles. The van der Waals surface area contributed by atoms with Crippen LogP contribution in [0.3, 0.4) is 0 Å². The zero-order valence-electron chi connectivity index (χ0n) is 7.63. The molecule has 0 aromatic rings. The highest BCUT2D eigenvalue weighted by Crippen LogP contribution is 2.26. The molecule has 2 nitrogen and oxygen atoms in total. The Morgan fingerprint density at radius 2 is 2.33 bits per heavy atom. The Morgan fingerprint density at radius 1 is 1.58 bits per heavy atom. The number of alkyl halides is 1. The van der Waals surface area contributed by atoms with Crippen LogP contribution in [0.2, 0.25) is 0 Å². The minimum Gasteiger partial charge on any atom is -0.381 e. The monoisotopic (exact) mass is 175 g/mol. The molecule has 72 valence electrons. The van der Waals surface area contributed by atoms with Gasteiger partial charge in [0.2, 0.25) is 0 Å². The Balaban J connectivity index is 2.36. The first-order valence-electron chi connectivity index (χ1n) is 4.66. The lowest BCUT2D eigenvalue weighted by Crippen LogP contribution is -2.34. The highest BCUT2D eigenvalue weighted by molar-refractivity contribution is 4.75. The van der Waals surface area contributed by atoms with Crippen LogP contribution >= 0.6 is 0 Å². The second-order valence-electron chi connectivity index (χ2n) is 3.64. The summed E-state index contributed by atoms with van der Waals surface area (Å²) in [6.45, 7) is 3.72. The fourth-order valence-corrected chi connectivity index (χ4v) is 1.83. The summed E-state index contributed by atoms with van der Waals surface area (Å²) >= 11 is 0. The van der Waals surface area contributed by atoms with Crippen LogP contribution in [0, 0.1) is 11.8 Å². The van der Waals surface area contributed by atoms with Crippen LogP contribution in [0.4, 0.5) is 4.39 Å². The van der Waals surface area contributed by atoms with Gasteiger partial charge in [-0.1, -0.05) is 0 Å². The van der Waals surface area contributed by atoms with Gasteiger partial charge in [-0.25, -0.2) is 4.39 Å². The highest BCUT2D eigenvalue weighted by Gasteiger charge is 2.25. The normalized spacial score (nSPS) is 33.2. The van der Waals surface area contributed by atoms with Crippen LogP contribution in [0.15, 0.2) is 0 Å². The molecule has 1 aliphatic heterocycles. The number of rotatable bonds is 3.